The second-order valence-electron chi connectivity index (χ2n) is 4.34. The first-order chi connectivity index (χ1) is 9.97. The number of thiazole rings is 1. The van der Waals surface area contributed by atoms with Gasteiger partial charge >= 0.3 is 5.97 Å². The van der Waals surface area contributed by atoms with Crippen molar-refractivity contribution in [3.8, 4) is 0 Å². The molecule has 0 saturated heterocycles. The zero-order valence-corrected chi connectivity index (χ0v) is 12.8. The molecule has 0 bridgehead atoms. The molecule has 8 heteroatoms. The topological polar surface area (TPSA) is 87.6 Å². The van der Waals surface area contributed by atoms with Crippen LogP contribution >= 0.6 is 27.3 Å². The molecule has 2 amide bonds. The summed E-state index contributed by atoms with van der Waals surface area (Å²) in [7, 11) is 0. The Kier molecular flexibility index (Phi) is 3.34. The molecule has 6 nitrogen and oxygen atoms in total. The van der Waals surface area contributed by atoms with Crippen molar-refractivity contribution in [3.05, 3.63) is 49.9 Å². The molecule has 1 aliphatic rings. The second kappa shape index (κ2) is 5.05. The predicted molar refractivity (Wildman–Crippen MR) is 77.4 cm³/mol. The van der Waals surface area contributed by atoms with Crippen LogP contribution in [0.15, 0.2) is 28.1 Å². The Balaban J connectivity index is 1.89. The van der Waals surface area contributed by atoms with E-state index in [2.05, 4.69) is 20.9 Å². The lowest BCUT2D eigenvalue weighted by Crippen LogP contribution is -2.29. The summed E-state index contributed by atoms with van der Waals surface area (Å²) in [5.41, 5.74) is 1.06. The molecule has 0 unspecified atom stereocenters. The molecule has 21 heavy (non-hydrogen) atoms. The van der Waals surface area contributed by atoms with E-state index in [4.69, 9.17) is 5.11 Å². The lowest BCUT2D eigenvalue weighted by atomic mass is 10.1. The number of fused-ring (bicyclic) bond motifs is 1. The smallest absolute Gasteiger partial charge is 0.365 e. The maximum atomic E-state index is 12.2. The van der Waals surface area contributed by atoms with Crippen molar-refractivity contribution in [2.45, 2.75) is 6.54 Å². The van der Waals surface area contributed by atoms with Gasteiger partial charge in [0.2, 0.25) is 5.01 Å². The Morgan fingerprint density at radius 3 is 2.67 bits per heavy atom. The number of hydrogen-bond donors (Lipinski definition) is 1. The van der Waals surface area contributed by atoms with Crippen molar-refractivity contribution < 1.29 is 19.5 Å². The van der Waals surface area contributed by atoms with E-state index < -0.39 is 17.8 Å². The van der Waals surface area contributed by atoms with Gasteiger partial charge in [0.15, 0.2) is 0 Å². The van der Waals surface area contributed by atoms with E-state index in [1.54, 1.807) is 18.2 Å². The number of benzene rings is 1. The first-order valence-corrected chi connectivity index (χ1v) is 7.48. The monoisotopic (exact) mass is 366 g/mol. The van der Waals surface area contributed by atoms with Crippen LogP contribution in [0.2, 0.25) is 0 Å². The van der Waals surface area contributed by atoms with Crippen molar-refractivity contribution in [3.63, 3.8) is 0 Å². The molecule has 1 aromatic heterocycles. The van der Waals surface area contributed by atoms with Gasteiger partial charge in [-0.05, 0) is 18.2 Å². The highest BCUT2D eigenvalue weighted by Crippen LogP contribution is 2.27. The minimum Gasteiger partial charge on any atom is -0.476 e. The summed E-state index contributed by atoms with van der Waals surface area (Å²) in [5, 5.41) is 10.3. The van der Waals surface area contributed by atoms with E-state index in [0.29, 0.717) is 21.3 Å². The predicted octanol–water partition coefficient (Wildman–Crippen LogP) is 2.40. The molecule has 1 aliphatic heterocycles. The Morgan fingerprint density at radius 1 is 1.29 bits per heavy atom. The van der Waals surface area contributed by atoms with E-state index in [1.165, 1.54) is 5.38 Å². The highest BCUT2D eigenvalue weighted by molar-refractivity contribution is 9.10. The number of rotatable bonds is 3. The normalized spacial score (nSPS) is 13.7. The van der Waals surface area contributed by atoms with Crippen LogP contribution in [-0.4, -0.2) is 32.8 Å². The van der Waals surface area contributed by atoms with Crippen LogP contribution in [-0.2, 0) is 6.54 Å². The summed E-state index contributed by atoms with van der Waals surface area (Å²) in [6.45, 7) is -0.0340. The number of amides is 2. The number of carbonyl (C=O) groups excluding carboxylic acids is 2. The fraction of sp³-hybridized carbons (Fsp3) is 0.0769. The van der Waals surface area contributed by atoms with Crippen LogP contribution in [0, 0.1) is 0 Å². The summed E-state index contributed by atoms with van der Waals surface area (Å²) in [6, 6.07) is 4.88. The van der Waals surface area contributed by atoms with Crippen LogP contribution < -0.4 is 0 Å². The largest absolute Gasteiger partial charge is 0.476 e. The average Bonchev–Trinajstić information content (AvgIpc) is 2.99. The summed E-state index contributed by atoms with van der Waals surface area (Å²) >= 11 is 4.22. The molecule has 0 atom stereocenters. The van der Waals surface area contributed by atoms with Crippen molar-refractivity contribution in [1.29, 1.82) is 0 Å². The number of imide groups is 1. The van der Waals surface area contributed by atoms with Gasteiger partial charge in [0.05, 0.1) is 23.4 Å². The summed E-state index contributed by atoms with van der Waals surface area (Å²) in [6.07, 6.45) is 0. The number of hydrogen-bond acceptors (Lipinski definition) is 5. The number of aromatic carboxylic acids is 1. The van der Waals surface area contributed by atoms with Gasteiger partial charge in [-0.15, -0.1) is 11.3 Å². The fourth-order valence-electron chi connectivity index (χ4n) is 2.05. The molecule has 2 aromatic rings. The number of nitrogens with zero attached hydrogens (tertiary/aromatic N) is 2. The minimum atomic E-state index is -1.13. The van der Waals surface area contributed by atoms with Gasteiger partial charge in [-0.1, -0.05) is 15.9 Å². The molecular formula is C13H7BrN2O4S. The quantitative estimate of drug-likeness (QED) is 0.842. The van der Waals surface area contributed by atoms with E-state index in [-0.39, 0.29) is 11.6 Å². The molecule has 0 radical (unpaired) electrons. The number of aromatic nitrogens is 1. The molecular weight excluding hydrogens is 360 g/mol. The van der Waals surface area contributed by atoms with Gasteiger partial charge in [-0.25, -0.2) is 9.78 Å². The van der Waals surface area contributed by atoms with Crippen LogP contribution in [0.25, 0.3) is 0 Å². The van der Waals surface area contributed by atoms with Crippen LogP contribution in [0.4, 0.5) is 0 Å². The molecule has 0 saturated carbocycles. The zero-order chi connectivity index (χ0) is 15.1. The molecule has 0 fully saturated rings. The number of carboxylic acid groups (broad SMARTS) is 1. The highest BCUT2D eigenvalue weighted by Gasteiger charge is 2.35. The SMILES string of the molecule is O=C(O)c1nc(CN2C(=O)c3ccc(Br)cc3C2=O)cs1. The Labute approximate surface area is 131 Å². The maximum Gasteiger partial charge on any atom is 0.365 e. The van der Waals surface area contributed by atoms with Crippen molar-refractivity contribution >= 4 is 45.1 Å². The highest BCUT2D eigenvalue weighted by atomic mass is 79.9. The van der Waals surface area contributed by atoms with E-state index >= 15 is 0 Å². The van der Waals surface area contributed by atoms with Gasteiger partial charge in [0.25, 0.3) is 11.8 Å². The first kappa shape index (κ1) is 13.9. The summed E-state index contributed by atoms with van der Waals surface area (Å²) in [5.74, 6) is -1.92. The Hall–Kier alpha value is -2.06. The molecule has 106 valence electrons. The van der Waals surface area contributed by atoms with E-state index in [0.717, 1.165) is 16.2 Å². The summed E-state index contributed by atoms with van der Waals surface area (Å²) in [4.78, 5) is 40.2. The van der Waals surface area contributed by atoms with E-state index in [1.807, 2.05) is 0 Å². The van der Waals surface area contributed by atoms with Gasteiger partial charge in [-0.2, -0.15) is 0 Å². The van der Waals surface area contributed by atoms with Gasteiger partial charge in [0, 0.05) is 9.85 Å². The minimum absolute atomic E-state index is 0.0340. The molecule has 1 aromatic carbocycles. The van der Waals surface area contributed by atoms with Gasteiger partial charge in [0.1, 0.15) is 0 Å². The summed E-state index contributed by atoms with van der Waals surface area (Å²) < 4.78 is 0.714. The number of carbonyl (C=O) groups is 3. The zero-order valence-electron chi connectivity index (χ0n) is 10.4. The standard InChI is InChI=1S/C13H7BrN2O4S/c14-6-1-2-8-9(3-6)12(18)16(11(8)17)4-7-5-21-10(15-7)13(19)20/h1-3,5H,4H2,(H,19,20). The lowest BCUT2D eigenvalue weighted by Gasteiger charge is -2.11. The van der Waals surface area contributed by atoms with Gasteiger partial charge in [-0.3, -0.25) is 14.5 Å². The maximum absolute atomic E-state index is 12.2. The third kappa shape index (κ3) is 2.36. The third-order valence-electron chi connectivity index (χ3n) is 2.99. The molecule has 2 heterocycles. The molecule has 0 aliphatic carbocycles. The molecule has 1 N–H and O–H groups in total. The van der Waals surface area contributed by atoms with Crippen LogP contribution in [0.3, 0.4) is 0 Å². The van der Waals surface area contributed by atoms with Crippen molar-refractivity contribution in [2.24, 2.45) is 0 Å². The molecule has 0 spiro atoms. The van der Waals surface area contributed by atoms with E-state index in [9.17, 15) is 14.4 Å². The van der Waals surface area contributed by atoms with Gasteiger partial charge < -0.3 is 5.11 Å². The second-order valence-corrected chi connectivity index (χ2v) is 6.11. The third-order valence-corrected chi connectivity index (χ3v) is 4.36. The fourth-order valence-corrected chi connectivity index (χ4v) is 3.05. The van der Waals surface area contributed by atoms with Crippen molar-refractivity contribution in [2.75, 3.05) is 0 Å². The van der Waals surface area contributed by atoms with Crippen LogP contribution in [0.5, 0.6) is 0 Å². The van der Waals surface area contributed by atoms with Crippen molar-refractivity contribution in [1.82, 2.24) is 9.88 Å². The Morgan fingerprint density at radius 2 is 2.00 bits per heavy atom. The van der Waals surface area contributed by atoms with Crippen LogP contribution in [0.1, 0.15) is 36.2 Å². The number of carboxylic acids is 1. The number of halogens is 1. The average molecular weight is 367 g/mol. The Bertz CT molecular complexity index is 786. The first-order valence-electron chi connectivity index (χ1n) is 5.81. The lowest BCUT2D eigenvalue weighted by molar-refractivity contribution is 0.0640. The molecule has 3 rings (SSSR count).